The van der Waals surface area contributed by atoms with Crippen LogP contribution in [-0.2, 0) is 0 Å². The maximum Gasteiger partial charge on any atom is 0.276 e. The smallest absolute Gasteiger partial charge is 0.276 e. The van der Waals surface area contributed by atoms with Gasteiger partial charge in [-0.2, -0.15) is 0 Å². The number of piperidine rings is 1. The van der Waals surface area contributed by atoms with Crippen LogP contribution in [0.25, 0.3) is 11.3 Å². The number of aromatic amines is 1. The van der Waals surface area contributed by atoms with Crippen molar-refractivity contribution in [3.8, 4) is 11.3 Å². The van der Waals surface area contributed by atoms with Crippen LogP contribution in [0, 0.1) is 0 Å². The van der Waals surface area contributed by atoms with Crippen LogP contribution in [0.2, 0.25) is 0 Å². The predicted octanol–water partition coefficient (Wildman–Crippen LogP) is 2.44. The van der Waals surface area contributed by atoms with Crippen molar-refractivity contribution in [2.75, 3.05) is 13.1 Å². The fourth-order valence-electron chi connectivity index (χ4n) is 3.29. The Morgan fingerprint density at radius 3 is 2.88 bits per heavy atom. The first-order valence-electron chi connectivity index (χ1n) is 8.57. The highest BCUT2D eigenvalue weighted by Crippen LogP contribution is 2.26. The van der Waals surface area contributed by atoms with E-state index in [1.807, 2.05) is 30.3 Å². The predicted molar refractivity (Wildman–Crippen MR) is 94.7 cm³/mol. The third-order valence-electron chi connectivity index (χ3n) is 4.61. The molecule has 1 N–H and O–H groups in total. The summed E-state index contributed by atoms with van der Waals surface area (Å²) < 4.78 is 5.33. The average molecular weight is 350 g/mol. The second kappa shape index (κ2) is 6.95. The van der Waals surface area contributed by atoms with Gasteiger partial charge in [0.05, 0.1) is 12.0 Å². The molecule has 1 saturated heterocycles. The van der Waals surface area contributed by atoms with Gasteiger partial charge in [0.2, 0.25) is 0 Å². The molecule has 4 rings (SSSR count). The van der Waals surface area contributed by atoms with Crippen molar-refractivity contribution in [3.05, 3.63) is 70.5 Å². The quantitative estimate of drug-likeness (QED) is 0.783. The number of likely N-dealkylation sites (tertiary alicyclic amines) is 1. The van der Waals surface area contributed by atoms with Gasteiger partial charge >= 0.3 is 0 Å². The van der Waals surface area contributed by atoms with Gasteiger partial charge in [0.1, 0.15) is 0 Å². The zero-order chi connectivity index (χ0) is 17.9. The SMILES string of the molecule is O=C(c1cc(-c2ccccc2)on1)N1CCC[C@H](c2cc(=O)[nH]cn2)C1. The van der Waals surface area contributed by atoms with Crippen molar-refractivity contribution in [2.24, 2.45) is 0 Å². The molecule has 0 saturated carbocycles. The van der Waals surface area contributed by atoms with Crippen LogP contribution in [0.1, 0.15) is 34.9 Å². The van der Waals surface area contributed by atoms with E-state index in [4.69, 9.17) is 4.52 Å². The van der Waals surface area contributed by atoms with Gasteiger partial charge in [0.25, 0.3) is 11.5 Å². The lowest BCUT2D eigenvalue weighted by Crippen LogP contribution is -2.39. The summed E-state index contributed by atoms with van der Waals surface area (Å²) in [6.07, 6.45) is 3.16. The van der Waals surface area contributed by atoms with Crippen molar-refractivity contribution in [1.82, 2.24) is 20.0 Å². The third-order valence-corrected chi connectivity index (χ3v) is 4.61. The Kier molecular flexibility index (Phi) is 4.35. The number of amides is 1. The topological polar surface area (TPSA) is 92.1 Å². The van der Waals surface area contributed by atoms with E-state index in [1.54, 1.807) is 11.0 Å². The number of nitrogens with one attached hydrogen (secondary N) is 1. The number of hydrogen-bond donors (Lipinski definition) is 1. The Balaban J connectivity index is 1.51. The van der Waals surface area contributed by atoms with Gasteiger partial charge in [-0.15, -0.1) is 0 Å². The summed E-state index contributed by atoms with van der Waals surface area (Å²) in [6, 6.07) is 12.7. The van der Waals surface area contributed by atoms with Crippen molar-refractivity contribution in [3.63, 3.8) is 0 Å². The highest BCUT2D eigenvalue weighted by atomic mass is 16.5. The van der Waals surface area contributed by atoms with E-state index in [2.05, 4.69) is 15.1 Å². The highest BCUT2D eigenvalue weighted by molar-refractivity contribution is 5.93. The summed E-state index contributed by atoms with van der Waals surface area (Å²) in [4.78, 5) is 32.8. The molecule has 26 heavy (non-hydrogen) atoms. The van der Waals surface area contributed by atoms with Gasteiger partial charge in [0.15, 0.2) is 11.5 Å². The molecule has 0 aliphatic carbocycles. The molecule has 0 bridgehead atoms. The van der Waals surface area contributed by atoms with Gasteiger partial charge in [-0.25, -0.2) is 4.98 Å². The maximum atomic E-state index is 12.8. The lowest BCUT2D eigenvalue weighted by Gasteiger charge is -2.31. The number of rotatable bonds is 3. The number of benzene rings is 1. The molecular weight excluding hydrogens is 332 g/mol. The molecule has 1 fully saturated rings. The molecule has 7 nitrogen and oxygen atoms in total. The van der Waals surface area contributed by atoms with Crippen LogP contribution in [0.4, 0.5) is 0 Å². The summed E-state index contributed by atoms with van der Waals surface area (Å²) in [5.41, 5.74) is 1.71. The molecular formula is C19H18N4O3. The van der Waals surface area contributed by atoms with Crippen molar-refractivity contribution < 1.29 is 9.32 Å². The summed E-state index contributed by atoms with van der Waals surface area (Å²) >= 11 is 0. The lowest BCUT2D eigenvalue weighted by atomic mass is 9.94. The van der Waals surface area contributed by atoms with E-state index >= 15 is 0 Å². The molecule has 1 amide bonds. The number of aromatic nitrogens is 3. The molecule has 0 unspecified atom stereocenters. The molecule has 132 valence electrons. The minimum Gasteiger partial charge on any atom is -0.355 e. The van der Waals surface area contributed by atoms with E-state index in [-0.39, 0.29) is 17.4 Å². The number of hydrogen-bond acceptors (Lipinski definition) is 5. The van der Waals surface area contributed by atoms with E-state index in [1.165, 1.54) is 12.4 Å². The van der Waals surface area contributed by atoms with Crippen LogP contribution >= 0.6 is 0 Å². The van der Waals surface area contributed by atoms with E-state index in [0.717, 1.165) is 24.1 Å². The normalized spacial score (nSPS) is 17.2. The summed E-state index contributed by atoms with van der Waals surface area (Å²) in [5.74, 6) is 0.458. The zero-order valence-electron chi connectivity index (χ0n) is 14.1. The summed E-state index contributed by atoms with van der Waals surface area (Å²) in [5, 5.41) is 3.94. The largest absolute Gasteiger partial charge is 0.355 e. The zero-order valence-corrected chi connectivity index (χ0v) is 14.1. The first-order chi connectivity index (χ1) is 12.7. The molecule has 2 aromatic heterocycles. The number of carbonyl (C=O) groups excluding carboxylic acids is 1. The Morgan fingerprint density at radius 1 is 1.23 bits per heavy atom. The van der Waals surface area contributed by atoms with Crippen molar-refractivity contribution in [2.45, 2.75) is 18.8 Å². The minimum atomic E-state index is -0.178. The second-order valence-electron chi connectivity index (χ2n) is 6.37. The van der Waals surface area contributed by atoms with Crippen molar-refractivity contribution >= 4 is 5.91 Å². The molecule has 1 aliphatic heterocycles. The number of H-pyrrole nitrogens is 1. The van der Waals surface area contributed by atoms with Gasteiger partial charge in [-0.1, -0.05) is 35.5 Å². The van der Waals surface area contributed by atoms with Gasteiger partial charge in [0, 0.05) is 36.7 Å². The molecule has 0 spiro atoms. The van der Waals surface area contributed by atoms with Crippen molar-refractivity contribution in [1.29, 1.82) is 0 Å². The fraction of sp³-hybridized carbons (Fsp3) is 0.263. The third kappa shape index (κ3) is 3.28. The molecule has 0 radical (unpaired) electrons. The first kappa shape index (κ1) is 16.3. The molecule has 1 atom stereocenters. The maximum absolute atomic E-state index is 12.8. The standard InChI is InChI=1S/C19H18N4O3/c24-18-10-15(20-12-21-18)14-7-4-8-23(11-14)19(25)16-9-17(26-22-16)13-5-2-1-3-6-13/h1-3,5-6,9-10,12,14H,4,7-8,11H2,(H,20,21,24)/t14-/m0/s1. The fourth-order valence-corrected chi connectivity index (χ4v) is 3.29. The van der Waals surface area contributed by atoms with Crippen LogP contribution in [0.15, 0.2) is 58.1 Å². The van der Waals surface area contributed by atoms with E-state index in [9.17, 15) is 9.59 Å². The van der Waals surface area contributed by atoms with Crippen LogP contribution < -0.4 is 5.56 Å². The van der Waals surface area contributed by atoms with Crippen LogP contribution in [0.3, 0.4) is 0 Å². The molecule has 3 aromatic rings. The first-order valence-corrected chi connectivity index (χ1v) is 8.57. The second-order valence-corrected chi connectivity index (χ2v) is 6.37. The van der Waals surface area contributed by atoms with Gasteiger partial charge in [-0.3, -0.25) is 9.59 Å². The van der Waals surface area contributed by atoms with Gasteiger partial charge < -0.3 is 14.4 Å². The number of nitrogens with zero attached hydrogens (tertiary/aromatic N) is 3. The molecule has 1 aromatic carbocycles. The van der Waals surface area contributed by atoms with E-state index in [0.29, 0.717) is 24.5 Å². The Bertz CT molecular complexity index is 964. The number of carbonyl (C=O) groups is 1. The average Bonchev–Trinajstić information content (AvgIpc) is 3.18. The lowest BCUT2D eigenvalue weighted by molar-refractivity contribution is 0.0695. The Labute approximate surface area is 149 Å². The van der Waals surface area contributed by atoms with Crippen LogP contribution in [0.5, 0.6) is 0 Å². The molecule has 1 aliphatic rings. The summed E-state index contributed by atoms with van der Waals surface area (Å²) in [7, 11) is 0. The van der Waals surface area contributed by atoms with Crippen LogP contribution in [-0.4, -0.2) is 39.0 Å². The highest BCUT2D eigenvalue weighted by Gasteiger charge is 2.28. The monoisotopic (exact) mass is 350 g/mol. The molecule has 7 heteroatoms. The Morgan fingerprint density at radius 2 is 2.08 bits per heavy atom. The minimum absolute atomic E-state index is 0.0514. The van der Waals surface area contributed by atoms with E-state index < -0.39 is 0 Å². The summed E-state index contributed by atoms with van der Waals surface area (Å²) in [6.45, 7) is 1.18. The van der Waals surface area contributed by atoms with Gasteiger partial charge in [-0.05, 0) is 12.8 Å². The molecule has 3 heterocycles. The Hall–Kier alpha value is -3.22.